The van der Waals surface area contributed by atoms with Crippen LogP contribution in [-0.2, 0) is 25.6 Å². The summed E-state index contributed by atoms with van der Waals surface area (Å²) in [4.78, 5) is 10.8. The van der Waals surface area contributed by atoms with Crippen molar-refractivity contribution < 1.29 is 44.8 Å². The number of hydrogen-bond acceptors (Lipinski definition) is 5. The smallest absolute Gasteiger partial charge is 1.00 e. The average Bonchev–Trinajstić information content (AvgIpc) is 2.13. The van der Waals surface area contributed by atoms with Gasteiger partial charge in [-0.1, -0.05) is 11.4 Å². The Morgan fingerprint density at radius 1 is 1.62 bits per heavy atom. The first-order valence-corrected chi connectivity index (χ1v) is 7.37. The van der Waals surface area contributed by atoms with Crippen molar-refractivity contribution in [2.24, 2.45) is 0 Å². The third-order valence-corrected chi connectivity index (χ3v) is 6.76. The molecule has 0 rings (SSSR count). The van der Waals surface area contributed by atoms with Crippen LogP contribution in [0.15, 0.2) is 0 Å². The molecule has 0 aliphatic carbocycles. The van der Waals surface area contributed by atoms with Crippen molar-refractivity contribution in [3.63, 3.8) is 0 Å². The van der Waals surface area contributed by atoms with Crippen LogP contribution in [0.2, 0.25) is 0 Å². The molecule has 0 bridgehead atoms. The van der Waals surface area contributed by atoms with Crippen LogP contribution in [0.4, 0.5) is 0 Å². The third-order valence-electron chi connectivity index (χ3n) is 1.08. The van der Waals surface area contributed by atoms with E-state index in [-0.39, 0.29) is 42.6 Å². The van der Waals surface area contributed by atoms with E-state index in [1.165, 1.54) is 25.6 Å². The summed E-state index contributed by atoms with van der Waals surface area (Å²) < 4.78 is 9.94. The molecule has 0 aliphatic heterocycles. The van der Waals surface area contributed by atoms with Crippen LogP contribution in [0.25, 0.3) is 0 Å². The first kappa shape index (κ1) is 16.8. The molecule has 74 valence electrons. The van der Waals surface area contributed by atoms with Crippen LogP contribution < -0.4 is 34.9 Å². The Kier molecular flexibility index (Phi) is 11.2. The molecule has 0 spiro atoms. The summed E-state index contributed by atoms with van der Waals surface area (Å²) in [6.07, 6.45) is 0. The van der Waals surface area contributed by atoms with E-state index in [0.717, 1.165) is 0 Å². The predicted octanol–water partition coefficient (Wildman–Crippen LogP) is -1.90. The molecule has 13 heavy (non-hydrogen) atoms. The summed E-state index contributed by atoms with van der Waals surface area (Å²) >= 11 is 6.25. The van der Waals surface area contributed by atoms with Crippen LogP contribution in [0.1, 0.15) is 1.43 Å². The number of amides is 1. The summed E-state index contributed by atoms with van der Waals surface area (Å²) in [5, 5.41) is 2.49. The van der Waals surface area contributed by atoms with Gasteiger partial charge in [-0.15, -0.1) is 0 Å². The topological polar surface area (TPSA) is 47.6 Å². The van der Waals surface area contributed by atoms with Crippen molar-refractivity contribution >= 4 is 34.8 Å². The van der Waals surface area contributed by atoms with Gasteiger partial charge in [-0.3, -0.25) is 4.79 Å². The second-order valence-corrected chi connectivity index (χ2v) is 8.28. The zero-order valence-electron chi connectivity index (χ0n) is 9.20. The summed E-state index contributed by atoms with van der Waals surface area (Å²) in [7, 11) is 4.55. The van der Waals surface area contributed by atoms with Gasteiger partial charge in [0.1, 0.15) is 0 Å². The Morgan fingerprint density at radius 2 is 2.08 bits per heavy atom. The van der Waals surface area contributed by atoms with E-state index in [1.807, 2.05) is 0 Å². The number of nitrogens with one attached hydrogen (secondary N) is 1. The van der Waals surface area contributed by atoms with Crippen molar-refractivity contribution in [3.8, 4) is 0 Å². The standard InChI is InChI=1S/C5H12NO3PS2.Na.H/c1-6-5(7)4-12-10(11,8-2)9-3;;/h4H2,1-3H3,(H,6,7);;/q;+1;-1. The zero-order chi connectivity index (χ0) is 9.61. The molecule has 0 fully saturated rings. The quantitative estimate of drug-likeness (QED) is 0.458. The first-order valence-electron chi connectivity index (χ1n) is 3.14. The van der Waals surface area contributed by atoms with Crippen molar-refractivity contribution in [1.82, 2.24) is 5.32 Å². The van der Waals surface area contributed by atoms with Crippen LogP contribution in [0.5, 0.6) is 0 Å². The summed E-state index contributed by atoms with van der Waals surface area (Å²) in [5.41, 5.74) is -2.26. The zero-order valence-corrected chi connectivity index (χ0v) is 12.7. The molecule has 0 heterocycles. The molecule has 0 radical (unpaired) electrons. The monoisotopic (exact) mass is 253 g/mol. The minimum Gasteiger partial charge on any atom is -1.00 e. The first-order chi connectivity index (χ1) is 5.58. The fraction of sp³-hybridized carbons (Fsp3) is 0.800. The second kappa shape index (κ2) is 8.68. The molecule has 8 heteroatoms. The molecule has 0 unspecified atom stereocenters. The number of rotatable bonds is 5. The minimum absolute atomic E-state index is 0. The molecule has 0 aromatic carbocycles. The van der Waals surface area contributed by atoms with Gasteiger partial charge >= 0.3 is 29.6 Å². The van der Waals surface area contributed by atoms with E-state index in [0.29, 0.717) is 0 Å². The van der Waals surface area contributed by atoms with Gasteiger partial charge in [0.05, 0.1) is 5.75 Å². The number of carbonyl (C=O) groups excluding carboxylic acids is 1. The van der Waals surface area contributed by atoms with Crippen LogP contribution in [0, 0.1) is 0 Å². The maximum absolute atomic E-state index is 10.8. The van der Waals surface area contributed by atoms with E-state index in [2.05, 4.69) is 5.32 Å². The third kappa shape index (κ3) is 7.33. The summed E-state index contributed by atoms with van der Waals surface area (Å²) in [5.74, 6) is 0.193. The average molecular weight is 253 g/mol. The number of hydrogen-bond donors (Lipinski definition) is 1. The fourth-order valence-electron chi connectivity index (χ4n) is 0.390. The SMILES string of the molecule is CNC(=O)CSP(=S)(OC)OC.[H-].[Na+]. The van der Waals surface area contributed by atoms with Crippen molar-refractivity contribution in [2.45, 2.75) is 0 Å². The molecule has 4 nitrogen and oxygen atoms in total. The van der Waals surface area contributed by atoms with E-state index in [4.69, 9.17) is 20.9 Å². The molecule has 0 aromatic heterocycles. The van der Waals surface area contributed by atoms with Gasteiger partial charge in [0.2, 0.25) is 11.6 Å². The molecular formula is C5H13NNaO3PS2. The van der Waals surface area contributed by atoms with E-state index in [1.54, 1.807) is 7.05 Å². The summed E-state index contributed by atoms with van der Waals surface area (Å²) in [6, 6.07) is 0. The second-order valence-electron chi connectivity index (χ2n) is 1.76. The van der Waals surface area contributed by atoms with E-state index in [9.17, 15) is 4.79 Å². The molecule has 0 aromatic rings. The molecule has 0 aliphatic rings. The van der Waals surface area contributed by atoms with Gasteiger partial charge in [-0.05, 0) is 11.8 Å². The van der Waals surface area contributed by atoms with Crippen LogP contribution in [0.3, 0.4) is 0 Å². The Bertz CT molecular complexity index is 201. The van der Waals surface area contributed by atoms with Gasteiger partial charge < -0.3 is 15.8 Å². The largest absolute Gasteiger partial charge is 1.00 e. The Hall–Kier alpha value is 1.39. The maximum Gasteiger partial charge on any atom is 1.00 e. The van der Waals surface area contributed by atoms with E-state index < -0.39 is 5.69 Å². The molecular weight excluding hydrogens is 240 g/mol. The van der Waals surface area contributed by atoms with Crippen molar-refractivity contribution in [1.29, 1.82) is 0 Å². The molecule has 0 atom stereocenters. The van der Waals surface area contributed by atoms with Gasteiger partial charge in [-0.2, -0.15) is 0 Å². The molecule has 1 amide bonds. The van der Waals surface area contributed by atoms with Gasteiger partial charge in [-0.25, -0.2) is 0 Å². The van der Waals surface area contributed by atoms with Gasteiger partial charge in [0.15, 0.2) is 0 Å². The number of carbonyl (C=O) groups is 1. The van der Waals surface area contributed by atoms with Gasteiger partial charge in [0, 0.05) is 21.3 Å². The maximum atomic E-state index is 10.8. The Balaban J connectivity index is -0.000000605. The normalized spacial score (nSPS) is 10.4. The fourth-order valence-corrected chi connectivity index (χ4v) is 3.10. The Labute approximate surface area is 111 Å². The summed E-state index contributed by atoms with van der Waals surface area (Å²) in [6.45, 7) is 0. The molecule has 1 N–H and O–H groups in total. The van der Waals surface area contributed by atoms with Crippen LogP contribution >= 0.6 is 17.1 Å². The molecule has 0 saturated carbocycles. The van der Waals surface area contributed by atoms with Crippen molar-refractivity contribution in [3.05, 3.63) is 0 Å². The minimum atomic E-state index is -2.26. The van der Waals surface area contributed by atoms with Crippen LogP contribution in [-0.4, -0.2) is 32.9 Å². The van der Waals surface area contributed by atoms with Gasteiger partial charge in [0.25, 0.3) is 0 Å². The predicted molar refractivity (Wildman–Crippen MR) is 55.9 cm³/mol. The molecule has 0 saturated heterocycles. The van der Waals surface area contributed by atoms with Crippen molar-refractivity contribution in [2.75, 3.05) is 27.0 Å². The van der Waals surface area contributed by atoms with E-state index >= 15 is 0 Å². The Morgan fingerprint density at radius 3 is 2.38 bits per heavy atom.